The number of halogens is 1. The number of aromatic nitrogens is 1. The highest BCUT2D eigenvalue weighted by molar-refractivity contribution is 6.31. The van der Waals surface area contributed by atoms with Crippen molar-refractivity contribution in [2.45, 2.75) is 6.42 Å². The summed E-state index contributed by atoms with van der Waals surface area (Å²) in [5, 5.41) is 9.69. The second-order valence-electron chi connectivity index (χ2n) is 4.13. The number of benzene rings is 1. The predicted octanol–water partition coefficient (Wildman–Crippen LogP) is 3.30. The molecule has 0 amide bonds. The average Bonchev–Trinajstić information content (AvgIpc) is 2.84. The van der Waals surface area contributed by atoms with Crippen molar-refractivity contribution in [2.24, 2.45) is 0 Å². The Balaban J connectivity index is 2.06. The molecule has 1 aliphatic heterocycles. The van der Waals surface area contributed by atoms with E-state index >= 15 is 0 Å². The first-order chi connectivity index (χ1) is 8.79. The van der Waals surface area contributed by atoms with E-state index in [1.54, 1.807) is 6.07 Å². The van der Waals surface area contributed by atoms with Crippen LogP contribution in [0.3, 0.4) is 0 Å². The lowest BCUT2D eigenvalue weighted by Crippen LogP contribution is -2.14. The van der Waals surface area contributed by atoms with Crippen LogP contribution in [0.1, 0.15) is 11.3 Å². The largest absolute Gasteiger partial charge is 0.326 e. The molecule has 0 unspecified atom stereocenters. The van der Waals surface area contributed by atoms with E-state index in [0.717, 1.165) is 35.1 Å². The van der Waals surface area contributed by atoms with Gasteiger partial charge in [0.15, 0.2) is 0 Å². The number of hydrogen-bond donors (Lipinski definition) is 0. The first-order valence-corrected chi connectivity index (χ1v) is 6.09. The molecule has 88 valence electrons. The standard InChI is InChI=1S/C14H10ClN3/c15-12-4-2-5-13-11(12)7-8-18(13)14-6-1-3-10(9-16)17-14/h1-6H,7-8H2. The van der Waals surface area contributed by atoms with Crippen LogP contribution in [-0.2, 0) is 6.42 Å². The SMILES string of the molecule is N#Cc1cccc(N2CCc3c(Cl)cccc32)n1. The van der Waals surface area contributed by atoms with Gasteiger partial charge in [-0.25, -0.2) is 4.98 Å². The van der Waals surface area contributed by atoms with Gasteiger partial charge in [-0.1, -0.05) is 23.7 Å². The van der Waals surface area contributed by atoms with Crippen LogP contribution in [0.4, 0.5) is 11.5 Å². The fourth-order valence-corrected chi connectivity index (χ4v) is 2.53. The predicted molar refractivity (Wildman–Crippen MR) is 71.1 cm³/mol. The van der Waals surface area contributed by atoms with E-state index in [0.29, 0.717) is 5.69 Å². The molecule has 0 N–H and O–H groups in total. The summed E-state index contributed by atoms with van der Waals surface area (Å²) in [6.07, 6.45) is 0.910. The van der Waals surface area contributed by atoms with E-state index in [1.165, 1.54) is 0 Å². The number of fused-ring (bicyclic) bond motifs is 1. The highest BCUT2D eigenvalue weighted by Crippen LogP contribution is 2.37. The molecule has 0 saturated heterocycles. The van der Waals surface area contributed by atoms with Crippen LogP contribution >= 0.6 is 11.6 Å². The molecule has 2 aromatic rings. The maximum absolute atomic E-state index is 8.89. The summed E-state index contributed by atoms with van der Waals surface area (Å²) in [7, 11) is 0. The van der Waals surface area contributed by atoms with E-state index < -0.39 is 0 Å². The molecule has 3 nitrogen and oxygen atoms in total. The van der Waals surface area contributed by atoms with Gasteiger partial charge in [0.2, 0.25) is 0 Å². The Morgan fingerprint density at radius 3 is 2.89 bits per heavy atom. The molecule has 2 heterocycles. The van der Waals surface area contributed by atoms with Gasteiger partial charge in [-0.3, -0.25) is 0 Å². The van der Waals surface area contributed by atoms with Gasteiger partial charge in [-0.15, -0.1) is 0 Å². The van der Waals surface area contributed by atoms with Crippen LogP contribution in [0.5, 0.6) is 0 Å². The first-order valence-electron chi connectivity index (χ1n) is 5.71. The van der Waals surface area contributed by atoms with Crippen molar-refractivity contribution in [1.82, 2.24) is 4.98 Å². The highest BCUT2D eigenvalue weighted by atomic mass is 35.5. The minimum atomic E-state index is 0.433. The van der Waals surface area contributed by atoms with Crippen LogP contribution in [0, 0.1) is 11.3 Å². The molecule has 0 bridgehead atoms. The van der Waals surface area contributed by atoms with Gasteiger partial charge < -0.3 is 4.90 Å². The van der Waals surface area contributed by atoms with Gasteiger partial charge in [-0.05, 0) is 36.2 Å². The van der Waals surface area contributed by atoms with Crippen molar-refractivity contribution in [3.8, 4) is 6.07 Å². The van der Waals surface area contributed by atoms with Crippen molar-refractivity contribution in [3.05, 3.63) is 52.7 Å². The number of rotatable bonds is 1. The van der Waals surface area contributed by atoms with Crippen LogP contribution in [0.15, 0.2) is 36.4 Å². The zero-order valence-corrected chi connectivity index (χ0v) is 10.4. The molecule has 1 aromatic heterocycles. The zero-order valence-electron chi connectivity index (χ0n) is 9.60. The molecule has 0 aliphatic carbocycles. The fourth-order valence-electron chi connectivity index (χ4n) is 2.27. The quantitative estimate of drug-likeness (QED) is 0.785. The molecular formula is C14H10ClN3. The molecular weight excluding hydrogens is 246 g/mol. The Labute approximate surface area is 110 Å². The van der Waals surface area contributed by atoms with Gasteiger partial charge >= 0.3 is 0 Å². The van der Waals surface area contributed by atoms with Crippen molar-refractivity contribution >= 4 is 23.1 Å². The second-order valence-corrected chi connectivity index (χ2v) is 4.54. The summed E-state index contributed by atoms with van der Waals surface area (Å²) in [6, 6.07) is 13.4. The molecule has 18 heavy (non-hydrogen) atoms. The topological polar surface area (TPSA) is 39.9 Å². The van der Waals surface area contributed by atoms with Gasteiger partial charge in [0, 0.05) is 17.3 Å². The maximum Gasteiger partial charge on any atom is 0.142 e. The Hall–Kier alpha value is -2.05. The number of pyridine rings is 1. The maximum atomic E-state index is 8.89. The molecule has 0 atom stereocenters. The minimum Gasteiger partial charge on any atom is -0.326 e. The van der Waals surface area contributed by atoms with Gasteiger partial charge in [-0.2, -0.15) is 5.26 Å². The number of nitrogens with zero attached hydrogens (tertiary/aromatic N) is 3. The summed E-state index contributed by atoms with van der Waals surface area (Å²) in [4.78, 5) is 6.42. The Morgan fingerprint density at radius 1 is 1.22 bits per heavy atom. The molecule has 0 fully saturated rings. The monoisotopic (exact) mass is 255 g/mol. The Kier molecular flexibility index (Phi) is 2.66. The van der Waals surface area contributed by atoms with Crippen molar-refractivity contribution < 1.29 is 0 Å². The van der Waals surface area contributed by atoms with Crippen molar-refractivity contribution in [2.75, 3.05) is 11.4 Å². The van der Waals surface area contributed by atoms with E-state index in [2.05, 4.69) is 16.0 Å². The Morgan fingerprint density at radius 2 is 2.06 bits per heavy atom. The van der Waals surface area contributed by atoms with E-state index in [1.807, 2.05) is 30.3 Å². The molecule has 0 spiro atoms. The molecule has 1 aliphatic rings. The molecule has 3 rings (SSSR count). The smallest absolute Gasteiger partial charge is 0.142 e. The second kappa shape index (κ2) is 4.32. The van der Waals surface area contributed by atoms with E-state index in [9.17, 15) is 0 Å². The van der Waals surface area contributed by atoms with Crippen molar-refractivity contribution in [1.29, 1.82) is 5.26 Å². The summed E-state index contributed by atoms with van der Waals surface area (Å²) in [5.41, 5.74) is 2.68. The lowest BCUT2D eigenvalue weighted by atomic mass is 10.2. The minimum absolute atomic E-state index is 0.433. The lowest BCUT2D eigenvalue weighted by molar-refractivity contribution is 0.971. The number of nitriles is 1. The van der Waals surface area contributed by atoms with Gasteiger partial charge in [0.05, 0.1) is 0 Å². The van der Waals surface area contributed by atoms with Crippen molar-refractivity contribution in [3.63, 3.8) is 0 Å². The summed E-state index contributed by atoms with van der Waals surface area (Å²) < 4.78 is 0. The van der Waals surface area contributed by atoms with Gasteiger partial charge in [0.25, 0.3) is 0 Å². The molecule has 1 aromatic carbocycles. The third-order valence-corrected chi connectivity index (χ3v) is 3.45. The van der Waals surface area contributed by atoms with E-state index in [-0.39, 0.29) is 0 Å². The number of hydrogen-bond acceptors (Lipinski definition) is 3. The average molecular weight is 256 g/mol. The first kappa shape index (κ1) is 11.1. The molecule has 4 heteroatoms. The van der Waals surface area contributed by atoms with Gasteiger partial charge in [0.1, 0.15) is 17.6 Å². The van der Waals surface area contributed by atoms with Crippen LogP contribution in [0.2, 0.25) is 5.02 Å². The molecule has 0 saturated carbocycles. The Bertz CT molecular complexity index is 646. The van der Waals surface area contributed by atoms with Crippen LogP contribution in [-0.4, -0.2) is 11.5 Å². The summed E-state index contributed by atoms with van der Waals surface area (Å²) in [6.45, 7) is 0.848. The third kappa shape index (κ3) is 1.71. The molecule has 0 radical (unpaired) electrons. The lowest BCUT2D eigenvalue weighted by Gasteiger charge is -2.18. The van der Waals surface area contributed by atoms with Crippen LogP contribution in [0.25, 0.3) is 0 Å². The fraction of sp³-hybridized carbons (Fsp3) is 0.143. The summed E-state index contributed by atoms with van der Waals surface area (Å²) >= 11 is 6.18. The third-order valence-electron chi connectivity index (χ3n) is 3.10. The normalized spacial score (nSPS) is 13.2. The van der Waals surface area contributed by atoms with E-state index in [4.69, 9.17) is 16.9 Å². The van der Waals surface area contributed by atoms with Crippen LogP contribution < -0.4 is 4.90 Å². The highest BCUT2D eigenvalue weighted by Gasteiger charge is 2.23. The number of anilines is 2. The summed E-state index contributed by atoms with van der Waals surface area (Å²) in [5.74, 6) is 0.801. The zero-order chi connectivity index (χ0) is 12.5.